The number of rotatable bonds is 6. The summed E-state index contributed by atoms with van der Waals surface area (Å²) in [6, 6.07) is 20.2. The number of hydrogen-bond acceptors (Lipinski definition) is 4. The largest absolute Gasteiger partial charge is 0.328 e. The molecule has 4 rings (SSSR count). The molecule has 0 aliphatic carbocycles. The summed E-state index contributed by atoms with van der Waals surface area (Å²) < 4.78 is 0. The zero-order chi connectivity index (χ0) is 24.4. The van der Waals surface area contributed by atoms with Crippen LogP contribution in [0.25, 0.3) is 0 Å². The Kier molecular flexibility index (Phi) is 6.27. The fourth-order valence-corrected chi connectivity index (χ4v) is 4.16. The molecule has 34 heavy (non-hydrogen) atoms. The summed E-state index contributed by atoms with van der Waals surface area (Å²) in [7, 11) is 1.50. The first-order valence-corrected chi connectivity index (χ1v) is 10.9. The summed E-state index contributed by atoms with van der Waals surface area (Å²) in [5.41, 5.74) is 3.66. The van der Waals surface area contributed by atoms with E-state index in [9.17, 15) is 19.2 Å². The van der Waals surface area contributed by atoms with Crippen molar-refractivity contribution in [2.24, 2.45) is 0 Å². The van der Waals surface area contributed by atoms with Crippen molar-refractivity contribution >= 4 is 29.3 Å². The van der Waals surface area contributed by atoms with Gasteiger partial charge in [-0.05, 0) is 42.7 Å². The minimum atomic E-state index is -0.956. The molecule has 1 unspecified atom stereocenters. The van der Waals surface area contributed by atoms with E-state index in [-0.39, 0.29) is 17.0 Å². The lowest BCUT2D eigenvalue weighted by molar-refractivity contribution is -0.137. The monoisotopic (exact) mass is 455 g/mol. The predicted molar refractivity (Wildman–Crippen MR) is 128 cm³/mol. The van der Waals surface area contributed by atoms with Crippen LogP contribution in [0.2, 0.25) is 0 Å². The Morgan fingerprint density at radius 3 is 1.91 bits per heavy atom. The number of fused-ring (bicyclic) bond motifs is 1. The van der Waals surface area contributed by atoms with Crippen LogP contribution < -0.4 is 5.32 Å². The Morgan fingerprint density at radius 1 is 0.824 bits per heavy atom. The molecule has 0 radical (unpaired) electrons. The second kappa shape index (κ2) is 9.31. The minimum Gasteiger partial charge on any atom is -0.328 e. The van der Waals surface area contributed by atoms with Crippen molar-refractivity contribution < 1.29 is 19.2 Å². The van der Waals surface area contributed by atoms with Crippen molar-refractivity contribution in [3.63, 3.8) is 0 Å². The smallest absolute Gasteiger partial charge is 0.262 e. The van der Waals surface area contributed by atoms with Crippen molar-refractivity contribution in [2.45, 2.75) is 19.9 Å². The molecule has 1 aliphatic heterocycles. The van der Waals surface area contributed by atoms with Gasteiger partial charge >= 0.3 is 0 Å². The molecular weight excluding hydrogens is 430 g/mol. The van der Waals surface area contributed by atoms with Gasteiger partial charge in [0.05, 0.1) is 11.1 Å². The van der Waals surface area contributed by atoms with Crippen LogP contribution >= 0.6 is 0 Å². The van der Waals surface area contributed by atoms with E-state index in [2.05, 4.69) is 5.32 Å². The van der Waals surface area contributed by atoms with Crippen LogP contribution in [-0.4, -0.2) is 47.0 Å². The highest BCUT2D eigenvalue weighted by atomic mass is 16.2. The lowest BCUT2D eigenvalue weighted by atomic mass is 10.0. The van der Waals surface area contributed by atoms with Gasteiger partial charge in [0.2, 0.25) is 5.91 Å². The minimum absolute atomic E-state index is 0.273. The number of likely N-dealkylation sites (N-methyl/N-ethyl adjacent to an activating group) is 1. The lowest BCUT2D eigenvalue weighted by Crippen LogP contribution is -2.45. The number of amides is 4. The zero-order valence-electron chi connectivity index (χ0n) is 19.2. The van der Waals surface area contributed by atoms with Gasteiger partial charge in [-0.2, -0.15) is 0 Å². The SMILES string of the molecule is Cc1cccc(C)c1NC(=O)C(c1ccccc1)N(C)C(=O)CN1C(=O)c2ccccc2C1=O. The Morgan fingerprint density at radius 2 is 1.35 bits per heavy atom. The molecule has 3 aromatic carbocycles. The number of benzene rings is 3. The summed E-state index contributed by atoms with van der Waals surface area (Å²) in [6.45, 7) is 3.34. The van der Waals surface area contributed by atoms with Crippen LogP contribution in [0.3, 0.4) is 0 Å². The molecule has 0 aromatic heterocycles. The molecule has 3 aromatic rings. The molecule has 4 amide bonds. The molecule has 0 bridgehead atoms. The molecule has 0 saturated heterocycles. The molecule has 7 nitrogen and oxygen atoms in total. The molecule has 0 saturated carbocycles. The highest BCUT2D eigenvalue weighted by Gasteiger charge is 2.38. The zero-order valence-corrected chi connectivity index (χ0v) is 19.2. The fraction of sp³-hybridized carbons (Fsp3) is 0.185. The van der Waals surface area contributed by atoms with Crippen LogP contribution in [0.15, 0.2) is 72.8 Å². The maximum absolute atomic E-state index is 13.5. The number of carbonyl (C=O) groups excluding carboxylic acids is 4. The van der Waals surface area contributed by atoms with Gasteiger partial charge in [-0.3, -0.25) is 24.1 Å². The van der Waals surface area contributed by atoms with E-state index in [1.54, 1.807) is 48.5 Å². The maximum atomic E-state index is 13.5. The highest BCUT2D eigenvalue weighted by Crippen LogP contribution is 2.27. The van der Waals surface area contributed by atoms with Gasteiger partial charge in [0.15, 0.2) is 0 Å². The highest BCUT2D eigenvalue weighted by molar-refractivity contribution is 6.22. The molecule has 172 valence electrons. The second-order valence-electron chi connectivity index (χ2n) is 8.32. The van der Waals surface area contributed by atoms with Crippen LogP contribution in [0.5, 0.6) is 0 Å². The van der Waals surface area contributed by atoms with Crippen molar-refractivity contribution in [3.05, 3.63) is 101 Å². The van der Waals surface area contributed by atoms with Crippen molar-refractivity contribution in [1.82, 2.24) is 9.80 Å². The average molecular weight is 456 g/mol. The first-order chi connectivity index (χ1) is 16.3. The number of imide groups is 1. The van der Waals surface area contributed by atoms with E-state index < -0.39 is 30.3 Å². The number of para-hydroxylation sites is 1. The standard InChI is InChI=1S/C27H25N3O4/c1-17-10-9-11-18(2)23(17)28-25(32)24(19-12-5-4-6-13-19)29(3)22(31)16-30-26(33)20-14-7-8-15-21(20)27(30)34/h4-15,24H,16H2,1-3H3,(H,28,32). The third-order valence-electron chi connectivity index (χ3n) is 6.05. The van der Waals surface area contributed by atoms with Gasteiger partial charge in [-0.25, -0.2) is 0 Å². The van der Waals surface area contributed by atoms with Crippen LogP contribution in [0, 0.1) is 13.8 Å². The Labute approximate surface area is 198 Å². The lowest BCUT2D eigenvalue weighted by Gasteiger charge is -2.29. The topological polar surface area (TPSA) is 86.8 Å². The van der Waals surface area contributed by atoms with Crippen LogP contribution in [0.1, 0.15) is 43.4 Å². The number of aryl methyl sites for hydroxylation is 2. The van der Waals surface area contributed by atoms with E-state index in [0.717, 1.165) is 16.0 Å². The summed E-state index contributed by atoms with van der Waals surface area (Å²) in [5, 5.41) is 2.96. The van der Waals surface area contributed by atoms with E-state index in [0.29, 0.717) is 11.3 Å². The first kappa shape index (κ1) is 22.9. The fourth-order valence-electron chi connectivity index (χ4n) is 4.16. The predicted octanol–water partition coefficient (Wildman–Crippen LogP) is 3.74. The summed E-state index contributed by atoms with van der Waals surface area (Å²) in [4.78, 5) is 54.3. The molecule has 1 N–H and O–H groups in total. The van der Waals surface area contributed by atoms with Gasteiger partial charge in [0, 0.05) is 12.7 Å². The third kappa shape index (κ3) is 4.20. The molecule has 0 fully saturated rings. The van der Waals surface area contributed by atoms with Crippen molar-refractivity contribution in [2.75, 3.05) is 18.9 Å². The Bertz CT molecular complexity index is 1230. The second-order valence-corrected chi connectivity index (χ2v) is 8.32. The van der Waals surface area contributed by atoms with Crippen molar-refractivity contribution in [3.8, 4) is 0 Å². The van der Waals surface area contributed by atoms with Crippen LogP contribution in [-0.2, 0) is 9.59 Å². The number of nitrogens with zero attached hydrogens (tertiary/aromatic N) is 2. The number of nitrogens with one attached hydrogen (secondary N) is 1. The molecular formula is C27H25N3O4. The van der Waals surface area contributed by atoms with Gasteiger partial charge in [0.1, 0.15) is 12.6 Å². The third-order valence-corrected chi connectivity index (χ3v) is 6.05. The summed E-state index contributed by atoms with van der Waals surface area (Å²) in [6.07, 6.45) is 0. The normalized spacial score (nSPS) is 13.4. The first-order valence-electron chi connectivity index (χ1n) is 10.9. The van der Waals surface area contributed by atoms with Gasteiger partial charge in [0.25, 0.3) is 17.7 Å². The molecule has 1 heterocycles. The van der Waals surface area contributed by atoms with Crippen molar-refractivity contribution in [1.29, 1.82) is 0 Å². The molecule has 7 heteroatoms. The van der Waals surface area contributed by atoms with Gasteiger partial charge in [-0.15, -0.1) is 0 Å². The van der Waals surface area contributed by atoms with Crippen LogP contribution in [0.4, 0.5) is 5.69 Å². The number of hydrogen-bond donors (Lipinski definition) is 1. The Hall–Kier alpha value is -4.26. The van der Waals surface area contributed by atoms with E-state index in [4.69, 9.17) is 0 Å². The van der Waals surface area contributed by atoms with Gasteiger partial charge in [-0.1, -0.05) is 60.7 Å². The maximum Gasteiger partial charge on any atom is 0.262 e. The van der Waals surface area contributed by atoms with E-state index >= 15 is 0 Å². The van der Waals surface area contributed by atoms with Gasteiger partial charge < -0.3 is 10.2 Å². The van der Waals surface area contributed by atoms with E-state index in [1.165, 1.54) is 11.9 Å². The number of carbonyl (C=O) groups is 4. The average Bonchev–Trinajstić information content (AvgIpc) is 3.07. The summed E-state index contributed by atoms with van der Waals surface area (Å²) in [5.74, 6) is -1.95. The quantitative estimate of drug-likeness (QED) is 0.574. The summed E-state index contributed by atoms with van der Waals surface area (Å²) >= 11 is 0. The Balaban J connectivity index is 1.59. The molecule has 1 atom stereocenters. The molecule has 0 spiro atoms. The number of anilines is 1. The molecule has 1 aliphatic rings. The van der Waals surface area contributed by atoms with E-state index in [1.807, 2.05) is 38.1 Å².